The molecule has 0 amide bonds. The van der Waals surface area contributed by atoms with Crippen molar-refractivity contribution in [3.8, 4) is 65.1 Å². The van der Waals surface area contributed by atoms with Gasteiger partial charge in [-0.1, -0.05) is 11.8 Å². The van der Waals surface area contributed by atoms with Crippen molar-refractivity contribution in [1.29, 1.82) is 0 Å². The topological polar surface area (TPSA) is 52.6 Å². The molecular formula is C40H34O4S6. The Morgan fingerprint density at radius 1 is 0.600 bits per heavy atom. The smallest absolute Gasteiger partial charge is 0.324 e. The van der Waals surface area contributed by atoms with Crippen LogP contribution in [0.2, 0.25) is 0 Å². The predicted molar refractivity (Wildman–Crippen MR) is 214 cm³/mol. The molecule has 0 unspecified atom stereocenters. The number of thiophene rings is 4. The Hall–Kier alpha value is -3.22. The molecule has 0 saturated heterocycles. The van der Waals surface area contributed by atoms with Crippen LogP contribution in [-0.2, 0) is 44.7 Å². The Balaban J connectivity index is 1.48. The molecule has 0 saturated carbocycles. The number of terminal acetylenes is 2. The van der Waals surface area contributed by atoms with Crippen LogP contribution in [0.5, 0.6) is 0 Å². The third-order valence-electron chi connectivity index (χ3n) is 9.49. The molecule has 0 spiro atoms. The van der Waals surface area contributed by atoms with Crippen molar-refractivity contribution in [2.75, 3.05) is 25.7 Å². The van der Waals surface area contributed by atoms with E-state index in [0.29, 0.717) is 25.7 Å². The van der Waals surface area contributed by atoms with Gasteiger partial charge >= 0.3 is 11.9 Å². The van der Waals surface area contributed by atoms with E-state index in [1.165, 1.54) is 27.9 Å². The molecule has 50 heavy (non-hydrogen) atoms. The second-order valence-electron chi connectivity index (χ2n) is 12.2. The Morgan fingerprint density at radius 2 is 0.920 bits per heavy atom. The number of ether oxygens (including phenoxy) is 2. The van der Waals surface area contributed by atoms with Gasteiger partial charge in [-0.15, -0.1) is 81.7 Å². The molecule has 10 heteroatoms. The van der Waals surface area contributed by atoms with Gasteiger partial charge in [0.15, 0.2) is 0 Å². The summed E-state index contributed by atoms with van der Waals surface area (Å²) in [5.74, 6) is 5.08. The van der Waals surface area contributed by atoms with Gasteiger partial charge in [-0.25, -0.2) is 0 Å². The summed E-state index contributed by atoms with van der Waals surface area (Å²) in [4.78, 5) is 34.3. The van der Waals surface area contributed by atoms with Gasteiger partial charge in [-0.05, 0) is 108 Å². The lowest BCUT2D eigenvalue weighted by Gasteiger charge is -2.21. The number of carbonyl (C=O) groups excluding carboxylic acids is 2. The zero-order chi connectivity index (χ0) is 35.2. The third kappa shape index (κ3) is 5.88. The average Bonchev–Trinajstić information content (AvgIpc) is 3.97. The maximum absolute atomic E-state index is 13.7. The second kappa shape index (κ2) is 14.1. The lowest BCUT2D eigenvalue weighted by Crippen LogP contribution is -2.33. The summed E-state index contributed by atoms with van der Waals surface area (Å²) in [7, 11) is 0. The number of rotatable bonds is 10. The van der Waals surface area contributed by atoms with Gasteiger partial charge in [0.05, 0.1) is 21.6 Å². The highest BCUT2D eigenvalue weighted by molar-refractivity contribution is 8.00. The van der Waals surface area contributed by atoms with Crippen LogP contribution in [0.4, 0.5) is 0 Å². The molecule has 7 rings (SSSR count). The Bertz CT molecular complexity index is 2020. The largest absolute Gasteiger partial charge is 0.465 e. The molecule has 4 nitrogen and oxygen atoms in total. The summed E-state index contributed by atoms with van der Waals surface area (Å²) in [6.07, 6.45) is 18.1. The van der Waals surface area contributed by atoms with E-state index >= 15 is 0 Å². The van der Waals surface area contributed by atoms with E-state index in [0.717, 1.165) is 43.1 Å². The minimum Gasteiger partial charge on any atom is -0.465 e. The number of fused-ring (bicyclic) bond motifs is 2. The molecule has 0 aliphatic heterocycles. The van der Waals surface area contributed by atoms with Crippen LogP contribution in [0.15, 0.2) is 56.9 Å². The lowest BCUT2D eigenvalue weighted by atomic mass is 9.83. The van der Waals surface area contributed by atoms with Crippen molar-refractivity contribution in [1.82, 2.24) is 0 Å². The van der Waals surface area contributed by atoms with Gasteiger partial charge in [0.2, 0.25) is 0 Å². The van der Waals surface area contributed by atoms with E-state index in [4.69, 9.17) is 22.3 Å². The standard InChI is InChI=1S/C40H34O4S6/c1-7-39(37(41)43-9-3)19-23-24(20-39)36(32-14-12-28(48-32)30-16-18-34(46-6)50-30)26-22-40(8-2,38(42)44-10-4)21-25(26)35(23)31-13-11-27(47-31)29-15-17-33(45-5)49-29/h1-2,11-18H,9-10,19-22H2,3-6H3. The summed E-state index contributed by atoms with van der Waals surface area (Å²) >= 11 is 10.5. The Labute approximate surface area is 318 Å². The van der Waals surface area contributed by atoms with Crippen LogP contribution < -0.4 is 0 Å². The van der Waals surface area contributed by atoms with Crippen LogP contribution in [0, 0.1) is 35.5 Å². The van der Waals surface area contributed by atoms with Gasteiger partial charge in [0.1, 0.15) is 10.8 Å². The molecule has 4 aromatic heterocycles. The minimum atomic E-state index is -1.14. The molecule has 0 atom stereocenters. The van der Waals surface area contributed by atoms with Crippen molar-refractivity contribution >= 4 is 80.8 Å². The molecule has 0 N–H and O–H groups in total. The second-order valence-corrected chi connectivity index (χ2v) is 18.8. The highest BCUT2D eigenvalue weighted by Gasteiger charge is 2.51. The van der Waals surface area contributed by atoms with Gasteiger partial charge in [0.25, 0.3) is 0 Å². The Kier molecular flexibility index (Phi) is 9.90. The number of hydrogen-bond acceptors (Lipinski definition) is 10. The van der Waals surface area contributed by atoms with Crippen molar-refractivity contribution < 1.29 is 19.1 Å². The molecule has 0 fully saturated rings. The number of hydrogen-bond donors (Lipinski definition) is 0. The first kappa shape index (κ1) is 35.2. The summed E-state index contributed by atoms with van der Waals surface area (Å²) in [5.41, 5.74) is 3.98. The van der Waals surface area contributed by atoms with E-state index in [9.17, 15) is 9.59 Å². The van der Waals surface area contributed by atoms with E-state index in [2.05, 4.69) is 72.9 Å². The van der Waals surface area contributed by atoms with Crippen molar-refractivity contribution in [3.63, 3.8) is 0 Å². The van der Waals surface area contributed by atoms with Crippen molar-refractivity contribution in [3.05, 3.63) is 70.8 Å². The summed E-state index contributed by atoms with van der Waals surface area (Å²) in [6, 6.07) is 17.3. The third-order valence-corrected chi connectivity index (χ3v) is 16.4. The van der Waals surface area contributed by atoms with Crippen molar-refractivity contribution in [2.24, 2.45) is 10.8 Å². The van der Waals surface area contributed by atoms with Gasteiger partial charge < -0.3 is 9.47 Å². The van der Waals surface area contributed by atoms with E-state index in [-0.39, 0.29) is 25.2 Å². The average molecular weight is 771 g/mol. The fraction of sp³-hybridized carbons (Fsp3) is 0.300. The molecule has 254 valence electrons. The maximum atomic E-state index is 13.7. The zero-order valence-electron chi connectivity index (χ0n) is 28.1. The predicted octanol–water partition coefficient (Wildman–Crippen LogP) is 10.6. The van der Waals surface area contributed by atoms with Gasteiger partial charge in [-0.3, -0.25) is 9.59 Å². The van der Waals surface area contributed by atoms with Gasteiger partial charge in [-0.2, -0.15) is 0 Å². The molecule has 2 aliphatic carbocycles. The number of benzene rings is 1. The normalized spacial score (nSPS) is 15.2. The molecule has 5 aromatic rings. The van der Waals surface area contributed by atoms with E-state index in [1.54, 1.807) is 68.9 Å². The summed E-state index contributed by atoms with van der Waals surface area (Å²) in [6.45, 7) is 4.12. The summed E-state index contributed by atoms with van der Waals surface area (Å²) in [5, 5.41) is 0. The van der Waals surface area contributed by atoms with Gasteiger partial charge in [0, 0.05) is 54.9 Å². The first-order chi connectivity index (χ1) is 24.2. The summed E-state index contributed by atoms with van der Waals surface area (Å²) < 4.78 is 13.8. The molecule has 0 radical (unpaired) electrons. The molecule has 0 bridgehead atoms. The van der Waals surface area contributed by atoms with Crippen molar-refractivity contribution in [2.45, 2.75) is 47.9 Å². The fourth-order valence-corrected chi connectivity index (χ4v) is 12.6. The Morgan fingerprint density at radius 3 is 1.22 bits per heavy atom. The molecule has 1 aromatic carbocycles. The SMILES string of the molecule is C#CC1(C(=O)OCC)Cc2c(c(-c3ccc(-c4ccc(SC)s4)s3)c3c(c2-c2ccc(-c4ccc(SC)s4)s2)CC(C#C)(C(=O)OCC)C3)C1. The molecule has 2 aliphatic rings. The monoisotopic (exact) mass is 770 g/mol. The zero-order valence-corrected chi connectivity index (χ0v) is 33.0. The number of esters is 2. The van der Waals surface area contributed by atoms with E-state index in [1.807, 2.05) is 13.8 Å². The first-order valence-electron chi connectivity index (χ1n) is 16.2. The highest BCUT2D eigenvalue weighted by atomic mass is 32.2. The van der Waals surface area contributed by atoms with Crippen LogP contribution in [0.25, 0.3) is 40.4 Å². The number of carbonyl (C=O) groups is 2. The van der Waals surface area contributed by atoms with Crippen LogP contribution >= 0.6 is 68.9 Å². The quantitative estimate of drug-likeness (QED) is 0.0801. The van der Waals surface area contributed by atoms with Crippen LogP contribution in [0.1, 0.15) is 36.1 Å². The fourth-order valence-electron chi connectivity index (χ4n) is 7.16. The number of thioether (sulfide) groups is 2. The maximum Gasteiger partial charge on any atom is 0.324 e. The lowest BCUT2D eigenvalue weighted by molar-refractivity contribution is -0.152. The highest BCUT2D eigenvalue weighted by Crippen LogP contribution is 2.57. The van der Waals surface area contributed by atoms with Crippen LogP contribution in [0.3, 0.4) is 0 Å². The van der Waals surface area contributed by atoms with Crippen LogP contribution in [-0.4, -0.2) is 37.7 Å². The minimum absolute atomic E-state index is 0.249. The first-order valence-corrected chi connectivity index (χ1v) is 21.9. The molecule has 4 heterocycles. The molecular weight excluding hydrogens is 737 g/mol. The van der Waals surface area contributed by atoms with E-state index < -0.39 is 10.8 Å².